The number of aldehydes is 1. The summed E-state index contributed by atoms with van der Waals surface area (Å²) in [6, 6.07) is 15.5. The largest absolute Gasteiger partial charge is 0.324 e. The molecule has 1 aliphatic carbocycles. The van der Waals surface area contributed by atoms with Crippen LogP contribution in [0, 0.1) is 12.8 Å². The minimum Gasteiger partial charge on any atom is -0.324 e. The first-order chi connectivity index (χ1) is 22.6. The maximum atomic E-state index is 11.0. The summed E-state index contributed by atoms with van der Waals surface area (Å²) in [7, 11) is 0. The molecule has 0 aliphatic heterocycles. The van der Waals surface area contributed by atoms with Crippen LogP contribution in [-0.2, 0) is 20.8 Å². The van der Waals surface area contributed by atoms with E-state index in [0.29, 0.717) is 18.6 Å². The van der Waals surface area contributed by atoms with Crippen molar-refractivity contribution in [3.05, 3.63) is 112 Å². The van der Waals surface area contributed by atoms with Crippen LogP contribution < -0.4 is 5.73 Å². The SMILES string of the molecule is CC.CC.CC.CC.CC(=O)/C(C=O)=C/c1ccccc1C.CC(=O)Cc1ccc(C(C)N)cc1.CCCC1C=CC=C(CC)C=C1. The minimum absolute atomic E-state index is 0.0615. The number of benzene rings is 2. The van der Waals surface area contributed by atoms with Crippen LogP contribution in [-0.4, -0.2) is 17.9 Å². The smallest absolute Gasteiger partial charge is 0.163 e. The van der Waals surface area contributed by atoms with Crippen LogP contribution in [0.15, 0.2) is 90.1 Å². The van der Waals surface area contributed by atoms with Gasteiger partial charge in [-0.25, -0.2) is 0 Å². The van der Waals surface area contributed by atoms with Crippen LogP contribution >= 0.6 is 0 Å². The van der Waals surface area contributed by atoms with Gasteiger partial charge >= 0.3 is 0 Å². The average Bonchev–Trinajstić information content (AvgIpc) is 3.34. The fourth-order valence-corrected chi connectivity index (χ4v) is 3.81. The van der Waals surface area contributed by atoms with E-state index in [0.717, 1.165) is 28.7 Å². The van der Waals surface area contributed by atoms with Crippen molar-refractivity contribution in [3.8, 4) is 0 Å². The number of ketones is 2. The first kappa shape index (κ1) is 50.2. The minimum atomic E-state index is -0.205. The summed E-state index contributed by atoms with van der Waals surface area (Å²) in [5.41, 5.74) is 11.5. The van der Waals surface area contributed by atoms with Crippen molar-refractivity contribution in [2.75, 3.05) is 0 Å². The molecular weight excluding hydrogens is 578 g/mol. The molecule has 2 aromatic rings. The zero-order chi connectivity index (χ0) is 37.2. The highest BCUT2D eigenvalue weighted by Crippen LogP contribution is 2.16. The topological polar surface area (TPSA) is 77.2 Å². The van der Waals surface area contributed by atoms with Gasteiger partial charge in [0.2, 0.25) is 0 Å². The van der Waals surface area contributed by atoms with Crippen molar-refractivity contribution in [1.29, 1.82) is 0 Å². The highest BCUT2D eigenvalue weighted by molar-refractivity contribution is 6.14. The van der Waals surface area contributed by atoms with Crippen molar-refractivity contribution in [1.82, 2.24) is 0 Å². The van der Waals surface area contributed by atoms with Crippen molar-refractivity contribution < 1.29 is 14.4 Å². The van der Waals surface area contributed by atoms with Gasteiger partial charge in [0, 0.05) is 12.5 Å². The van der Waals surface area contributed by atoms with Crippen LogP contribution in [0.2, 0.25) is 0 Å². The van der Waals surface area contributed by atoms with Crippen molar-refractivity contribution >= 4 is 23.9 Å². The summed E-state index contributed by atoms with van der Waals surface area (Å²) in [6.45, 7) is 27.3. The Morgan fingerprint density at radius 3 is 1.83 bits per heavy atom. The molecule has 264 valence electrons. The molecule has 2 N–H and O–H groups in total. The second-order valence-corrected chi connectivity index (χ2v) is 9.83. The van der Waals surface area contributed by atoms with E-state index >= 15 is 0 Å². The lowest BCUT2D eigenvalue weighted by molar-refractivity contribution is -0.117. The van der Waals surface area contributed by atoms with E-state index in [1.807, 2.05) is 118 Å². The van der Waals surface area contributed by atoms with Crippen LogP contribution in [0.3, 0.4) is 0 Å². The van der Waals surface area contributed by atoms with E-state index in [1.165, 1.54) is 25.3 Å². The molecule has 1 aliphatic rings. The fourth-order valence-electron chi connectivity index (χ4n) is 3.81. The zero-order valence-corrected chi connectivity index (χ0v) is 32.4. The van der Waals surface area contributed by atoms with Crippen molar-refractivity contribution in [2.24, 2.45) is 11.7 Å². The molecule has 2 unspecified atom stereocenters. The molecule has 0 heterocycles. The molecule has 47 heavy (non-hydrogen) atoms. The molecule has 0 radical (unpaired) electrons. The number of aryl methyl sites for hydroxylation is 1. The monoisotopic (exact) mass is 648 g/mol. The average molecular weight is 648 g/mol. The fraction of sp³-hybridized carbons (Fsp3) is 0.465. The molecule has 0 saturated heterocycles. The highest BCUT2D eigenvalue weighted by Gasteiger charge is 2.03. The number of hydrogen-bond acceptors (Lipinski definition) is 4. The van der Waals surface area contributed by atoms with Gasteiger partial charge in [-0.3, -0.25) is 14.4 Å². The second kappa shape index (κ2) is 35.2. The van der Waals surface area contributed by atoms with E-state index in [2.05, 4.69) is 44.2 Å². The predicted molar refractivity (Wildman–Crippen MR) is 210 cm³/mol. The quantitative estimate of drug-likeness (QED) is 0.127. The molecule has 0 amide bonds. The summed E-state index contributed by atoms with van der Waals surface area (Å²) < 4.78 is 0. The summed E-state index contributed by atoms with van der Waals surface area (Å²) in [5, 5.41) is 0. The summed E-state index contributed by atoms with van der Waals surface area (Å²) in [4.78, 5) is 32.4. The number of carbonyl (C=O) groups excluding carboxylic acids is 3. The number of Topliss-reactive ketones (excluding diaryl/α,β-unsaturated/α-hetero) is 2. The molecular formula is C43H69NO3. The van der Waals surface area contributed by atoms with Crippen LogP contribution in [0.25, 0.3) is 6.08 Å². The zero-order valence-electron chi connectivity index (χ0n) is 32.4. The van der Waals surface area contributed by atoms with Crippen molar-refractivity contribution in [2.45, 2.75) is 129 Å². The van der Waals surface area contributed by atoms with Gasteiger partial charge in [0.05, 0.1) is 5.57 Å². The number of nitrogens with two attached hydrogens (primary N) is 1. The molecule has 4 nitrogen and oxygen atoms in total. The predicted octanol–water partition coefficient (Wildman–Crippen LogP) is 12.0. The molecule has 4 heteroatoms. The maximum Gasteiger partial charge on any atom is 0.163 e. The molecule has 0 spiro atoms. The first-order valence-electron chi connectivity index (χ1n) is 17.7. The number of rotatable bonds is 9. The van der Waals surface area contributed by atoms with E-state index in [4.69, 9.17) is 5.73 Å². The van der Waals surface area contributed by atoms with Gasteiger partial charge < -0.3 is 5.73 Å². The Bertz CT molecular complexity index is 1180. The van der Waals surface area contributed by atoms with E-state index in [-0.39, 0.29) is 23.2 Å². The molecule has 2 atom stereocenters. The normalized spacial score (nSPS) is 13.0. The van der Waals surface area contributed by atoms with Gasteiger partial charge in [-0.1, -0.05) is 155 Å². The Kier molecular flexibility index (Phi) is 37.7. The van der Waals surface area contributed by atoms with Crippen LogP contribution in [0.5, 0.6) is 0 Å². The van der Waals surface area contributed by atoms with E-state index in [9.17, 15) is 14.4 Å². The Labute approximate surface area is 290 Å². The van der Waals surface area contributed by atoms with Crippen LogP contribution in [0.1, 0.15) is 138 Å². The lowest BCUT2D eigenvalue weighted by Gasteiger charge is -2.05. The summed E-state index contributed by atoms with van der Waals surface area (Å²) >= 11 is 0. The third-order valence-corrected chi connectivity index (χ3v) is 6.25. The Balaban J connectivity index is -0.000000266. The van der Waals surface area contributed by atoms with Gasteiger partial charge in [-0.2, -0.15) is 0 Å². The van der Waals surface area contributed by atoms with Gasteiger partial charge in [-0.05, 0) is 80.4 Å². The Morgan fingerprint density at radius 1 is 0.851 bits per heavy atom. The van der Waals surface area contributed by atoms with E-state index in [1.54, 1.807) is 13.0 Å². The molecule has 2 aromatic carbocycles. The third-order valence-electron chi connectivity index (χ3n) is 6.25. The molecule has 0 fully saturated rings. The molecule has 0 saturated carbocycles. The van der Waals surface area contributed by atoms with Crippen LogP contribution in [0.4, 0.5) is 0 Å². The third kappa shape index (κ3) is 26.2. The summed E-state index contributed by atoms with van der Waals surface area (Å²) in [5.74, 6) is 0.645. The highest BCUT2D eigenvalue weighted by atomic mass is 16.1. The maximum absolute atomic E-state index is 11.0. The standard InChI is InChI=1S/C12H12O2.C12H18.C11H15NO.4C2H6/c1-9-5-3-4-6-11(9)7-12(8-13)10(2)14;1-3-6-12-8-5-7-11(4-2)9-10-12;1-8(13)7-10-3-5-11(6-4-10)9(2)12;4*1-2/h3-8H,1-2H3;5,7-10,12H,3-4,6H2,1-2H3;3-6,9H,7,12H2,1-2H3;4*1-2H3/b12-7+;;;;;;. The molecule has 0 aromatic heterocycles. The number of allylic oxidation sites excluding steroid dienone is 7. The number of hydrogen-bond donors (Lipinski definition) is 1. The lowest BCUT2D eigenvalue weighted by Crippen LogP contribution is -2.05. The lowest BCUT2D eigenvalue weighted by atomic mass is 10.0. The van der Waals surface area contributed by atoms with Gasteiger partial charge in [0.15, 0.2) is 12.1 Å². The van der Waals surface area contributed by atoms with Gasteiger partial charge in [-0.15, -0.1) is 0 Å². The first-order valence-corrected chi connectivity index (χ1v) is 17.7. The Morgan fingerprint density at radius 2 is 1.40 bits per heavy atom. The van der Waals surface area contributed by atoms with Gasteiger partial charge in [0.1, 0.15) is 5.78 Å². The second-order valence-electron chi connectivity index (χ2n) is 9.83. The Hall–Kier alpha value is -3.63. The van der Waals surface area contributed by atoms with Gasteiger partial charge in [0.25, 0.3) is 0 Å². The molecule has 0 bridgehead atoms. The van der Waals surface area contributed by atoms with E-state index < -0.39 is 0 Å². The summed E-state index contributed by atoms with van der Waals surface area (Å²) in [6.07, 6.45) is 17.7. The molecule has 3 rings (SSSR count). The number of carbonyl (C=O) groups is 3. The van der Waals surface area contributed by atoms with Crippen molar-refractivity contribution in [3.63, 3.8) is 0 Å².